The fraction of sp³-hybridized carbons (Fsp3) is 0.529. The van der Waals surface area contributed by atoms with Gasteiger partial charge < -0.3 is 10.5 Å². The molecule has 22 heavy (non-hydrogen) atoms. The average Bonchev–Trinajstić information content (AvgIpc) is 3.26. The lowest BCUT2D eigenvalue weighted by Gasteiger charge is -2.34. The van der Waals surface area contributed by atoms with Crippen LogP contribution in [0.3, 0.4) is 0 Å². The summed E-state index contributed by atoms with van der Waals surface area (Å²) in [6, 6.07) is 4.36. The molecule has 0 atom stereocenters. The van der Waals surface area contributed by atoms with E-state index in [1.165, 1.54) is 18.5 Å². The van der Waals surface area contributed by atoms with Gasteiger partial charge in [-0.25, -0.2) is 0 Å². The number of nitrogens with zero attached hydrogens (tertiary/aromatic N) is 3. The van der Waals surface area contributed by atoms with E-state index in [1.807, 2.05) is 18.3 Å². The van der Waals surface area contributed by atoms with Crippen LogP contribution in [-0.4, -0.2) is 28.4 Å². The molecule has 5 nitrogen and oxygen atoms in total. The van der Waals surface area contributed by atoms with Crippen LogP contribution >= 0.6 is 0 Å². The summed E-state index contributed by atoms with van der Waals surface area (Å²) in [6.45, 7) is 0.786. The van der Waals surface area contributed by atoms with Crippen LogP contribution in [0.2, 0.25) is 0 Å². The molecule has 2 heterocycles. The van der Waals surface area contributed by atoms with E-state index in [1.54, 1.807) is 7.11 Å². The quantitative estimate of drug-likeness (QED) is 0.921. The molecule has 2 saturated carbocycles. The summed E-state index contributed by atoms with van der Waals surface area (Å²) in [5.41, 5.74) is 8.97. The minimum atomic E-state index is 0.495. The van der Waals surface area contributed by atoms with Crippen LogP contribution < -0.4 is 10.5 Å². The molecule has 2 aliphatic rings. The summed E-state index contributed by atoms with van der Waals surface area (Å²) in [5.74, 6) is 2.07. The summed E-state index contributed by atoms with van der Waals surface area (Å²) < 4.78 is 7.63. The molecule has 2 fully saturated rings. The van der Waals surface area contributed by atoms with Crippen LogP contribution in [0.1, 0.15) is 43.3 Å². The highest BCUT2D eigenvalue weighted by Gasteiger charge is 2.35. The number of methoxy groups -OCH3 is 1. The van der Waals surface area contributed by atoms with Crippen molar-refractivity contribution in [2.45, 2.75) is 37.6 Å². The molecule has 2 aromatic rings. The van der Waals surface area contributed by atoms with Gasteiger partial charge in [-0.1, -0.05) is 0 Å². The summed E-state index contributed by atoms with van der Waals surface area (Å²) in [5, 5.41) is 4.90. The molecule has 0 aromatic carbocycles. The molecule has 0 amide bonds. The maximum absolute atomic E-state index is 5.74. The summed E-state index contributed by atoms with van der Waals surface area (Å²) in [6.07, 6.45) is 8.72. The van der Waals surface area contributed by atoms with Gasteiger partial charge >= 0.3 is 0 Å². The molecule has 2 aliphatic carbocycles. The third-order valence-corrected chi connectivity index (χ3v) is 4.89. The number of ether oxygens (including phenoxy) is 1. The fourth-order valence-electron chi connectivity index (χ4n) is 3.30. The maximum atomic E-state index is 5.74. The first-order valence-corrected chi connectivity index (χ1v) is 8.08. The van der Waals surface area contributed by atoms with Crippen molar-refractivity contribution in [3.63, 3.8) is 0 Å². The largest absolute Gasteiger partial charge is 0.494 e. The topological polar surface area (TPSA) is 66.0 Å². The molecule has 2 aromatic heterocycles. The third-order valence-electron chi connectivity index (χ3n) is 4.89. The lowest BCUT2D eigenvalue weighted by atomic mass is 9.80. The summed E-state index contributed by atoms with van der Waals surface area (Å²) >= 11 is 0. The molecule has 2 N–H and O–H groups in total. The van der Waals surface area contributed by atoms with E-state index < -0.39 is 0 Å². The molecule has 0 unspecified atom stereocenters. The van der Waals surface area contributed by atoms with E-state index in [2.05, 4.69) is 15.9 Å². The van der Waals surface area contributed by atoms with Crippen LogP contribution in [0.15, 0.2) is 24.5 Å². The summed E-state index contributed by atoms with van der Waals surface area (Å²) in [7, 11) is 1.69. The van der Waals surface area contributed by atoms with E-state index in [0.717, 1.165) is 36.4 Å². The first-order chi connectivity index (χ1) is 10.8. The molecule has 0 saturated heterocycles. The Morgan fingerprint density at radius 1 is 1.36 bits per heavy atom. The van der Waals surface area contributed by atoms with Gasteiger partial charge in [-0.2, -0.15) is 5.10 Å². The Kier molecular flexibility index (Phi) is 3.37. The van der Waals surface area contributed by atoms with Crippen molar-refractivity contribution >= 4 is 0 Å². The van der Waals surface area contributed by atoms with Crippen molar-refractivity contribution < 1.29 is 4.74 Å². The highest BCUT2D eigenvalue weighted by Crippen LogP contribution is 2.46. The number of hydrogen-bond acceptors (Lipinski definition) is 4. The number of nitrogens with two attached hydrogens (primary N) is 1. The van der Waals surface area contributed by atoms with Crippen molar-refractivity contribution in [1.82, 2.24) is 14.8 Å². The predicted molar refractivity (Wildman–Crippen MR) is 84.8 cm³/mol. The lowest BCUT2D eigenvalue weighted by molar-refractivity contribution is 0.189. The predicted octanol–water partition coefficient (Wildman–Crippen LogP) is 2.74. The van der Waals surface area contributed by atoms with Crippen LogP contribution in [0.4, 0.5) is 0 Å². The van der Waals surface area contributed by atoms with Gasteiger partial charge in [0.2, 0.25) is 0 Å². The van der Waals surface area contributed by atoms with Crippen LogP contribution in [0, 0.1) is 5.92 Å². The van der Waals surface area contributed by atoms with Gasteiger partial charge in [0.1, 0.15) is 11.4 Å². The van der Waals surface area contributed by atoms with E-state index in [0.29, 0.717) is 17.9 Å². The van der Waals surface area contributed by atoms with Crippen LogP contribution in [0.25, 0.3) is 11.3 Å². The SMILES string of the molecule is COc1cccnc1-c1cn(C2CC(CN)C2)nc1C1CC1. The molecular formula is C17H22N4O. The van der Waals surface area contributed by atoms with Crippen LogP contribution in [-0.2, 0) is 0 Å². The van der Waals surface area contributed by atoms with Crippen molar-refractivity contribution in [2.24, 2.45) is 11.7 Å². The molecule has 5 heteroatoms. The third kappa shape index (κ3) is 2.29. The van der Waals surface area contributed by atoms with E-state index in [-0.39, 0.29) is 0 Å². The Balaban J connectivity index is 1.70. The number of aromatic nitrogens is 3. The number of pyridine rings is 1. The molecule has 0 aliphatic heterocycles. The standard InChI is InChI=1S/C17H22N4O/c1-22-15-3-2-6-19-17(15)14-10-21(13-7-11(8-13)9-18)20-16(14)12-4-5-12/h2-3,6,10-13H,4-5,7-9,18H2,1H3. The van der Waals surface area contributed by atoms with Gasteiger partial charge in [-0.15, -0.1) is 0 Å². The Hall–Kier alpha value is -1.88. The van der Waals surface area contributed by atoms with Gasteiger partial charge in [0.05, 0.1) is 18.8 Å². The summed E-state index contributed by atoms with van der Waals surface area (Å²) in [4.78, 5) is 4.54. The normalized spacial score (nSPS) is 24.1. The van der Waals surface area contributed by atoms with Gasteiger partial charge in [0.25, 0.3) is 0 Å². The van der Waals surface area contributed by atoms with Crippen molar-refractivity contribution in [3.8, 4) is 17.0 Å². The Morgan fingerprint density at radius 2 is 2.18 bits per heavy atom. The first-order valence-electron chi connectivity index (χ1n) is 8.08. The second kappa shape index (κ2) is 5.39. The first kappa shape index (κ1) is 13.8. The Labute approximate surface area is 130 Å². The van der Waals surface area contributed by atoms with Gasteiger partial charge in [0, 0.05) is 23.9 Å². The van der Waals surface area contributed by atoms with Crippen molar-refractivity contribution in [3.05, 3.63) is 30.2 Å². The zero-order valence-electron chi connectivity index (χ0n) is 12.9. The minimum absolute atomic E-state index is 0.495. The maximum Gasteiger partial charge on any atom is 0.145 e. The van der Waals surface area contributed by atoms with Gasteiger partial charge in [0.15, 0.2) is 0 Å². The second-order valence-corrected chi connectivity index (χ2v) is 6.46. The molecular weight excluding hydrogens is 276 g/mol. The van der Waals surface area contributed by atoms with E-state index >= 15 is 0 Å². The lowest BCUT2D eigenvalue weighted by Crippen LogP contribution is -2.32. The highest BCUT2D eigenvalue weighted by atomic mass is 16.5. The monoisotopic (exact) mass is 298 g/mol. The van der Waals surface area contributed by atoms with Crippen LogP contribution in [0.5, 0.6) is 5.75 Å². The smallest absolute Gasteiger partial charge is 0.145 e. The fourth-order valence-corrected chi connectivity index (χ4v) is 3.30. The zero-order chi connectivity index (χ0) is 15.1. The van der Waals surface area contributed by atoms with E-state index in [4.69, 9.17) is 15.6 Å². The Bertz CT molecular complexity index is 671. The van der Waals surface area contributed by atoms with E-state index in [9.17, 15) is 0 Å². The zero-order valence-corrected chi connectivity index (χ0v) is 12.9. The minimum Gasteiger partial charge on any atom is -0.494 e. The second-order valence-electron chi connectivity index (χ2n) is 6.46. The van der Waals surface area contributed by atoms with Crippen molar-refractivity contribution in [2.75, 3.05) is 13.7 Å². The molecule has 0 spiro atoms. The number of rotatable bonds is 5. The highest BCUT2D eigenvalue weighted by molar-refractivity contribution is 5.68. The molecule has 0 bridgehead atoms. The Morgan fingerprint density at radius 3 is 2.86 bits per heavy atom. The average molecular weight is 298 g/mol. The molecule has 4 rings (SSSR count). The molecule has 0 radical (unpaired) electrons. The number of hydrogen-bond donors (Lipinski definition) is 1. The molecule has 116 valence electrons. The van der Waals surface area contributed by atoms with Gasteiger partial charge in [-0.05, 0) is 50.3 Å². The van der Waals surface area contributed by atoms with Crippen molar-refractivity contribution in [1.29, 1.82) is 0 Å². The van der Waals surface area contributed by atoms with Gasteiger partial charge in [-0.3, -0.25) is 9.67 Å².